The molecule has 0 radical (unpaired) electrons. The number of rotatable bonds is 4. The van der Waals surface area contributed by atoms with E-state index in [0.717, 1.165) is 25.7 Å². The lowest BCUT2D eigenvalue weighted by atomic mass is 9.43. The molecule has 0 aromatic rings. The van der Waals surface area contributed by atoms with Gasteiger partial charge >= 0.3 is 5.97 Å². The summed E-state index contributed by atoms with van der Waals surface area (Å²) in [5.74, 6) is 2.48. The van der Waals surface area contributed by atoms with Gasteiger partial charge in [-0.05, 0) is 97.7 Å². The van der Waals surface area contributed by atoms with Gasteiger partial charge in [0, 0.05) is 6.42 Å². The summed E-state index contributed by atoms with van der Waals surface area (Å²) in [5.41, 5.74) is 0.228. The van der Waals surface area contributed by atoms with Crippen LogP contribution >= 0.6 is 0 Å². The van der Waals surface area contributed by atoms with Gasteiger partial charge in [-0.1, -0.05) is 20.8 Å². The summed E-state index contributed by atoms with van der Waals surface area (Å²) < 4.78 is 4.85. The molecule has 4 rings (SSSR count). The molecule has 0 unspecified atom stereocenters. The molecule has 30 heavy (non-hydrogen) atoms. The Kier molecular flexibility index (Phi) is 6.04. The maximum absolute atomic E-state index is 11.6. The van der Waals surface area contributed by atoms with E-state index < -0.39 is 12.2 Å². The Hall–Kier alpha value is -0.650. The topological polar surface area (TPSA) is 87.0 Å². The van der Waals surface area contributed by atoms with E-state index in [0.29, 0.717) is 54.8 Å². The third kappa shape index (κ3) is 3.44. The molecule has 0 saturated heterocycles. The number of esters is 1. The van der Waals surface area contributed by atoms with E-state index in [1.165, 1.54) is 20.0 Å². The number of hydrogen-bond acceptors (Lipinski definition) is 5. The van der Waals surface area contributed by atoms with Gasteiger partial charge < -0.3 is 20.1 Å². The molecule has 4 saturated carbocycles. The SMILES string of the molecule is COC(=O)CC[C@@H](C)[C@H]1CC[C@H]2[C@@H]3[C@H](O)C[C@@H]4C[C@H](O)[C@@H](O)C[C@]4(C)[C@H]3CC[C@]12C. The molecule has 0 spiro atoms. The van der Waals surface area contributed by atoms with Crippen LogP contribution in [0, 0.1) is 46.3 Å². The van der Waals surface area contributed by atoms with Crippen LogP contribution < -0.4 is 0 Å². The number of ether oxygens (including phenoxy) is 1. The Morgan fingerprint density at radius 3 is 2.37 bits per heavy atom. The second-order valence-corrected chi connectivity index (χ2v) is 11.7. The standard InChI is InChI=1S/C25H42O5/c1-14(5-8-22(29)30-4)16-6-7-17-23-18(9-10-24(16,17)2)25(3)13-21(28)19(26)11-15(25)12-20(23)27/h14-21,23,26-28H,5-13H2,1-4H3/t14-,15+,16-,17+,18+,19+,20-,21+,23+,24-,25+/m1/s1. The van der Waals surface area contributed by atoms with Gasteiger partial charge in [0.25, 0.3) is 0 Å². The van der Waals surface area contributed by atoms with Crippen LogP contribution in [0.5, 0.6) is 0 Å². The third-order valence-corrected chi connectivity index (χ3v) is 10.5. The Bertz CT molecular complexity index is 651. The summed E-state index contributed by atoms with van der Waals surface area (Å²) in [6.07, 6.45) is 6.43. The smallest absolute Gasteiger partial charge is 0.305 e. The first-order valence-corrected chi connectivity index (χ1v) is 12.2. The monoisotopic (exact) mass is 422 g/mol. The summed E-state index contributed by atoms with van der Waals surface area (Å²) in [6.45, 7) is 7.06. The molecular weight excluding hydrogens is 380 g/mol. The van der Waals surface area contributed by atoms with Crippen LogP contribution in [0.1, 0.15) is 78.6 Å². The zero-order valence-corrected chi connectivity index (χ0v) is 19.2. The maximum atomic E-state index is 11.6. The minimum absolute atomic E-state index is 0.0124. The summed E-state index contributed by atoms with van der Waals surface area (Å²) >= 11 is 0. The van der Waals surface area contributed by atoms with Gasteiger partial charge in [-0.3, -0.25) is 4.79 Å². The van der Waals surface area contributed by atoms with Crippen LogP contribution in [0.3, 0.4) is 0 Å². The first-order chi connectivity index (χ1) is 14.1. The predicted octanol–water partition coefficient (Wildman–Crippen LogP) is 3.54. The van der Waals surface area contributed by atoms with Gasteiger partial charge in [-0.25, -0.2) is 0 Å². The Labute approximate surface area is 181 Å². The highest BCUT2D eigenvalue weighted by Gasteiger charge is 2.63. The van der Waals surface area contributed by atoms with Crippen LogP contribution in [0.25, 0.3) is 0 Å². The molecule has 4 aliphatic carbocycles. The first kappa shape index (κ1) is 22.5. The first-order valence-electron chi connectivity index (χ1n) is 12.2. The van der Waals surface area contributed by atoms with Gasteiger partial charge in [0.1, 0.15) is 0 Å². The van der Waals surface area contributed by atoms with E-state index in [-0.39, 0.29) is 22.9 Å². The molecule has 0 bridgehead atoms. The zero-order chi connectivity index (χ0) is 21.8. The Balaban J connectivity index is 1.54. The fourth-order valence-corrected chi connectivity index (χ4v) is 8.86. The van der Waals surface area contributed by atoms with Crippen molar-refractivity contribution in [3.8, 4) is 0 Å². The number of aliphatic hydroxyl groups excluding tert-OH is 3. The number of hydrogen-bond donors (Lipinski definition) is 3. The maximum Gasteiger partial charge on any atom is 0.305 e. The van der Waals surface area contributed by atoms with E-state index in [9.17, 15) is 20.1 Å². The average molecular weight is 423 g/mol. The van der Waals surface area contributed by atoms with Gasteiger partial charge in [-0.2, -0.15) is 0 Å². The van der Waals surface area contributed by atoms with Crippen LogP contribution in [0.2, 0.25) is 0 Å². The highest BCUT2D eigenvalue weighted by atomic mass is 16.5. The van der Waals surface area contributed by atoms with Crippen molar-refractivity contribution >= 4 is 5.97 Å². The van der Waals surface area contributed by atoms with Crippen molar-refractivity contribution in [2.24, 2.45) is 46.3 Å². The lowest BCUT2D eigenvalue weighted by Gasteiger charge is -2.63. The van der Waals surface area contributed by atoms with E-state index in [1.807, 2.05) is 0 Å². The van der Waals surface area contributed by atoms with E-state index in [4.69, 9.17) is 4.74 Å². The van der Waals surface area contributed by atoms with Crippen LogP contribution in [-0.2, 0) is 9.53 Å². The molecule has 5 nitrogen and oxygen atoms in total. The molecule has 0 heterocycles. The summed E-state index contributed by atoms with van der Waals surface area (Å²) in [7, 11) is 1.46. The zero-order valence-electron chi connectivity index (χ0n) is 19.2. The molecule has 5 heteroatoms. The number of aliphatic hydroxyl groups is 3. The van der Waals surface area contributed by atoms with Crippen molar-refractivity contribution in [2.45, 2.75) is 96.9 Å². The largest absolute Gasteiger partial charge is 0.469 e. The quantitative estimate of drug-likeness (QED) is 0.603. The molecule has 0 aromatic carbocycles. The molecular formula is C25H42O5. The van der Waals surface area contributed by atoms with E-state index >= 15 is 0 Å². The summed E-state index contributed by atoms with van der Waals surface area (Å²) in [6, 6.07) is 0. The minimum Gasteiger partial charge on any atom is -0.469 e. The number of carbonyl (C=O) groups excluding carboxylic acids is 1. The number of carbonyl (C=O) groups is 1. The van der Waals surface area contributed by atoms with Crippen molar-refractivity contribution in [3.63, 3.8) is 0 Å². The third-order valence-electron chi connectivity index (χ3n) is 10.5. The minimum atomic E-state index is -0.646. The molecule has 0 aromatic heterocycles. The van der Waals surface area contributed by atoms with Gasteiger partial charge in [0.2, 0.25) is 0 Å². The number of methoxy groups -OCH3 is 1. The fourth-order valence-electron chi connectivity index (χ4n) is 8.86. The van der Waals surface area contributed by atoms with Gasteiger partial charge in [0.15, 0.2) is 0 Å². The van der Waals surface area contributed by atoms with Crippen molar-refractivity contribution in [2.75, 3.05) is 7.11 Å². The summed E-state index contributed by atoms with van der Waals surface area (Å²) in [4.78, 5) is 11.6. The molecule has 4 aliphatic rings. The molecule has 0 aliphatic heterocycles. The number of fused-ring (bicyclic) bond motifs is 5. The van der Waals surface area contributed by atoms with Gasteiger partial charge in [-0.15, -0.1) is 0 Å². The molecule has 172 valence electrons. The van der Waals surface area contributed by atoms with E-state index in [1.54, 1.807) is 0 Å². The molecule has 3 N–H and O–H groups in total. The second kappa shape index (κ2) is 8.04. The van der Waals surface area contributed by atoms with Crippen LogP contribution in [0.4, 0.5) is 0 Å². The average Bonchev–Trinajstić information content (AvgIpc) is 3.05. The van der Waals surface area contributed by atoms with Crippen LogP contribution in [0.15, 0.2) is 0 Å². The van der Waals surface area contributed by atoms with Crippen molar-refractivity contribution in [1.82, 2.24) is 0 Å². The van der Waals surface area contributed by atoms with Crippen LogP contribution in [-0.4, -0.2) is 46.7 Å². The molecule has 0 amide bonds. The van der Waals surface area contributed by atoms with Crippen molar-refractivity contribution in [3.05, 3.63) is 0 Å². The Morgan fingerprint density at radius 2 is 1.67 bits per heavy atom. The highest BCUT2D eigenvalue weighted by Crippen LogP contribution is 2.68. The lowest BCUT2D eigenvalue weighted by Crippen LogP contribution is -2.60. The normalized spacial score (nSPS) is 51.4. The molecule has 4 fully saturated rings. The lowest BCUT2D eigenvalue weighted by molar-refractivity contribution is -0.194. The van der Waals surface area contributed by atoms with Gasteiger partial charge in [0.05, 0.1) is 25.4 Å². The fraction of sp³-hybridized carbons (Fsp3) is 0.960. The van der Waals surface area contributed by atoms with Crippen molar-refractivity contribution in [1.29, 1.82) is 0 Å². The van der Waals surface area contributed by atoms with E-state index in [2.05, 4.69) is 20.8 Å². The predicted molar refractivity (Wildman–Crippen MR) is 114 cm³/mol. The second-order valence-electron chi connectivity index (χ2n) is 11.7. The summed E-state index contributed by atoms with van der Waals surface area (Å²) in [5, 5.41) is 32.0. The highest BCUT2D eigenvalue weighted by molar-refractivity contribution is 5.69. The Morgan fingerprint density at radius 1 is 1.00 bits per heavy atom. The molecule has 11 atom stereocenters. The van der Waals surface area contributed by atoms with Crippen molar-refractivity contribution < 1.29 is 24.9 Å².